The molecule has 1 atom stereocenters. The molecule has 19 heavy (non-hydrogen) atoms. The van der Waals surface area contributed by atoms with E-state index in [9.17, 15) is 17.6 Å². The number of amides is 1. The number of carbonyl (C=O) groups is 1. The highest BCUT2D eigenvalue weighted by Gasteiger charge is 2.28. The Morgan fingerprint density at radius 1 is 1.42 bits per heavy atom. The average molecular weight is 287 g/mol. The first-order valence-corrected chi connectivity index (χ1v) is 7.65. The van der Waals surface area contributed by atoms with Crippen LogP contribution in [0.2, 0.25) is 0 Å². The zero-order chi connectivity index (χ0) is 13.9. The molecule has 7 heteroatoms. The Hall–Kier alpha value is -1.63. The summed E-state index contributed by atoms with van der Waals surface area (Å²) in [6, 6.07) is 5.40. The molecule has 0 spiro atoms. The quantitative estimate of drug-likeness (QED) is 0.875. The molecule has 104 valence electrons. The molecule has 0 saturated carbocycles. The van der Waals surface area contributed by atoms with Crippen LogP contribution in [0.15, 0.2) is 24.3 Å². The summed E-state index contributed by atoms with van der Waals surface area (Å²) < 4.78 is 40.7. The summed E-state index contributed by atoms with van der Waals surface area (Å²) in [5.41, 5.74) is 0. The van der Waals surface area contributed by atoms with Gasteiger partial charge in [-0.2, -0.15) is 0 Å². The lowest BCUT2D eigenvalue weighted by Crippen LogP contribution is -2.38. The minimum atomic E-state index is -3.03. The van der Waals surface area contributed by atoms with Gasteiger partial charge in [0, 0.05) is 6.04 Å². The predicted molar refractivity (Wildman–Crippen MR) is 67.1 cm³/mol. The van der Waals surface area contributed by atoms with Crippen LogP contribution in [-0.4, -0.2) is 38.5 Å². The van der Waals surface area contributed by atoms with Crippen molar-refractivity contribution in [2.75, 3.05) is 18.1 Å². The van der Waals surface area contributed by atoms with Crippen molar-refractivity contribution in [1.29, 1.82) is 0 Å². The van der Waals surface area contributed by atoms with Crippen LogP contribution in [-0.2, 0) is 14.6 Å². The predicted octanol–water partition coefficient (Wildman–Crippen LogP) is 0.508. The van der Waals surface area contributed by atoms with E-state index >= 15 is 0 Å². The zero-order valence-corrected chi connectivity index (χ0v) is 11.0. The van der Waals surface area contributed by atoms with E-state index in [1.54, 1.807) is 6.07 Å². The highest BCUT2D eigenvalue weighted by Crippen LogP contribution is 2.15. The van der Waals surface area contributed by atoms with Crippen LogP contribution in [0, 0.1) is 5.82 Å². The second kappa shape index (κ2) is 5.56. The molecule has 1 aromatic carbocycles. The number of hydrogen-bond acceptors (Lipinski definition) is 4. The second-order valence-corrected chi connectivity index (χ2v) is 6.62. The Bertz CT molecular complexity index is 573. The van der Waals surface area contributed by atoms with Crippen LogP contribution < -0.4 is 10.1 Å². The van der Waals surface area contributed by atoms with Gasteiger partial charge in [0.05, 0.1) is 11.5 Å². The maximum Gasteiger partial charge on any atom is 0.258 e. The molecular formula is C12H14FNO4S. The van der Waals surface area contributed by atoms with Crippen LogP contribution in [0.3, 0.4) is 0 Å². The smallest absolute Gasteiger partial charge is 0.258 e. The lowest BCUT2D eigenvalue weighted by atomic mass is 10.2. The number of sulfone groups is 1. The van der Waals surface area contributed by atoms with Crippen molar-refractivity contribution in [3.63, 3.8) is 0 Å². The van der Waals surface area contributed by atoms with Gasteiger partial charge in [0.2, 0.25) is 0 Å². The summed E-state index contributed by atoms with van der Waals surface area (Å²) in [5.74, 6) is -0.953. The van der Waals surface area contributed by atoms with Gasteiger partial charge in [0.25, 0.3) is 5.91 Å². The largest absolute Gasteiger partial charge is 0.481 e. The Balaban J connectivity index is 1.81. The normalized spacial score (nSPS) is 21.0. The summed E-state index contributed by atoms with van der Waals surface area (Å²) in [6.07, 6.45) is 0.410. The van der Waals surface area contributed by atoms with E-state index in [0.717, 1.165) is 0 Å². The molecule has 1 N–H and O–H groups in total. The number of para-hydroxylation sites is 1. The van der Waals surface area contributed by atoms with E-state index in [-0.39, 0.29) is 29.9 Å². The van der Waals surface area contributed by atoms with Crippen molar-refractivity contribution in [3.8, 4) is 5.75 Å². The fourth-order valence-electron chi connectivity index (χ4n) is 1.88. The molecule has 0 bridgehead atoms. The van der Waals surface area contributed by atoms with Gasteiger partial charge in [-0.05, 0) is 18.6 Å². The lowest BCUT2D eigenvalue weighted by molar-refractivity contribution is -0.123. The topological polar surface area (TPSA) is 72.5 Å². The van der Waals surface area contributed by atoms with Gasteiger partial charge in [-0.1, -0.05) is 12.1 Å². The number of halogens is 1. The number of rotatable bonds is 4. The van der Waals surface area contributed by atoms with Crippen molar-refractivity contribution in [2.45, 2.75) is 12.5 Å². The lowest BCUT2D eigenvalue weighted by Gasteiger charge is -2.11. The summed E-state index contributed by atoms with van der Waals surface area (Å²) in [6.45, 7) is -0.336. The van der Waals surface area contributed by atoms with Crippen molar-refractivity contribution < 1.29 is 22.3 Å². The van der Waals surface area contributed by atoms with Gasteiger partial charge in [-0.15, -0.1) is 0 Å². The summed E-state index contributed by atoms with van der Waals surface area (Å²) in [4.78, 5) is 11.5. The number of carbonyl (C=O) groups excluding carboxylic acids is 1. The van der Waals surface area contributed by atoms with E-state index in [1.165, 1.54) is 18.2 Å². The third-order valence-electron chi connectivity index (χ3n) is 2.79. The molecule has 1 heterocycles. The maximum absolute atomic E-state index is 13.2. The molecular weight excluding hydrogens is 273 g/mol. The van der Waals surface area contributed by atoms with Crippen molar-refractivity contribution in [1.82, 2.24) is 5.32 Å². The standard InChI is InChI=1S/C12H14FNO4S/c13-10-3-1-2-4-11(10)18-7-12(15)14-9-5-6-19(16,17)8-9/h1-4,9H,5-8H2,(H,14,15)/t9-/m0/s1. The summed E-state index contributed by atoms with van der Waals surface area (Å²) in [5, 5.41) is 2.56. The van der Waals surface area contributed by atoms with Crippen LogP contribution in [0.1, 0.15) is 6.42 Å². The molecule has 1 saturated heterocycles. The molecule has 0 unspecified atom stereocenters. The van der Waals surface area contributed by atoms with Gasteiger partial charge in [-0.25, -0.2) is 12.8 Å². The Labute approximate surface area is 110 Å². The molecule has 1 aliphatic heterocycles. The van der Waals surface area contributed by atoms with E-state index in [0.29, 0.717) is 6.42 Å². The van der Waals surface area contributed by atoms with Gasteiger partial charge >= 0.3 is 0 Å². The Kier molecular flexibility index (Phi) is 4.04. The SMILES string of the molecule is O=C(COc1ccccc1F)N[C@H]1CCS(=O)(=O)C1. The van der Waals surface area contributed by atoms with Crippen LogP contribution >= 0.6 is 0 Å². The van der Waals surface area contributed by atoms with E-state index in [4.69, 9.17) is 4.74 Å². The van der Waals surface area contributed by atoms with Gasteiger partial charge in [-0.3, -0.25) is 4.79 Å². The van der Waals surface area contributed by atoms with Crippen LogP contribution in [0.25, 0.3) is 0 Å². The van der Waals surface area contributed by atoms with Crippen molar-refractivity contribution >= 4 is 15.7 Å². The first-order valence-electron chi connectivity index (χ1n) is 5.83. The molecule has 1 aliphatic rings. The number of hydrogen-bond donors (Lipinski definition) is 1. The minimum Gasteiger partial charge on any atom is -0.481 e. The molecule has 1 fully saturated rings. The molecule has 0 aromatic heterocycles. The monoisotopic (exact) mass is 287 g/mol. The highest BCUT2D eigenvalue weighted by atomic mass is 32.2. The van der Waals surface area contributed by atoms with Crippen LogP contribution in [0.4, 0.5) is 4.39 Å². The van der Waals surface area contributed by atoms with E-state index in [2.05, 4.69) is 5.32 Å². The van der Waals surface area contributed by atoms with Gasteiger partial charge in [0.15, 0.2) is 28.0 Å². The summed E-state index contributed by atoms with van der Waals surface area (Å²) >= 11 is 0. The highest BCUT2D eigenvalue weighted by molar-refractivity contribution is 7.91. The molecule has 0 aliphatic carbocycles. The van der Waals surface area contributed by atoms with Crippen molar-refractivity contribution in [3.05, 3.63) is 30.1 Å². The number of benzene rings is 1. The summed E-state index contributed by atoms with van der Waals surface area (Å²) in [7, 11) is -3.03. The zero-order valence-electron chi connectivity index (χ0n) is 10.1. The molecule has 1 aromatic rings. The average Bonchev–Trinajstić information content (AvgIpc) is 2.67. The fourth-order valence-corrected chi connectivity index (χ4v) is 3.56. The van der Waals surface area contributed by atoms with Crippen molar-refractivity contribution in [2.24, 2.45) is 0 Å². The first-order chi connectivity index (χ1) is 8.96. The van der Waals surface area contributed by atoms with E-state index < -0.39 is 21.6 Å². The third kappa shape index (κ3) is 3.92. The molecule has 0 radical (unpaired) electrons. The second-order valence-electron chi connectivity index (χ2n) is 4.39. The first kappa shape index (κ1) is 13.8. The van der Waals surface area contributed by atoms with Crippen LogP contribution in [0.5, 0.6) is 5.75 Å². The van der Waals surface area contributed by atoms with E-state index in [1.807, 2.05) is 0 Å². The Morgan fingerprint density at radius 3 is 2.79 bits per heavy atom. The number of nitrogens with one attached hydrogen (secondary N) is 1. The van der Waals surface area contributed by atoms with Gasteiger partial charge in [0.1, 0.15) is 0 Å². The third-order valence-corrected chi connectivity index (χ3v) is 4.56. The number of ether oxygens (including phenoxy) is 1. The minimum absolute atomic E-state index is 0.00306. The van der Waals surface area contributed by atoms with Gasteiger partial charge < -0.3 is 10.1 Å². The Morgan fingerprint density at radius 2 is 2.16 bits per heavy atom. The molecule has 5 nitrogen and oxygen atoms in total. The molecule has 2 rings (SSSR count). The fraction of sp³-hybridized carbons (Fsp3) is 0.417. The molecule has 1 amide bonds. The maximum atomic E-state index is 13.2.